The van der Waals surface area contributed by atoms with E-state index in [1.165, 1.54) is 16.7 Å². The van der Waals surface area contributed by atoms with Gasteiger partial charge in [-0.05, 0) is 49.2 Å². The number of hydrogen-bond acceptors (Lipinski definition) is 3. The molecule has 0 aliphatic carbocycles. The molecule has 2 aromatic carbocycles. The molecule has 0 spiro atoms. The third-order valence-corrected chi connectivity index (χ3v) is 4.80. The van der Waals surface area contributed by atoms with Crippen LogP contribution in [0, 0.1) is 13.8 Å². The highest BCUT2D eigenvalue weighted by molar-refractivity contribution is 7.98. The Morgan fingerprint density at radius 3 is 2.52 bits per heavy atom. The molecule has 0 saturated carbocycles. The molecule has 0 amide bonds. The SMILES string of the molecule is Cc1ccc(-c2ccc(SCc3cccc(Cl)c3)nn2)c(C)c1. The average molecular weight is 341 g/mol. The van der Waals surface area contributed by atoms with Crippen LogP contribution in [0.2, 0.25) is 5.02 Å². The van der Waals surface area contributed by atoms with Crippen LogP contribution in [-0.2, 0) is 5.75 Å². The second-order valence-corrected chi connectivity index (χ2v) is 6.93. The number of aryl methyl sites for hydroxylation is 2. The van der Waals surface area contributed by atoms with Crippen molar-refractivity contribution in [1.82, 2.24) is 10.2 Å². The largest absolute Gasteiger partial charge is 0.149 e. The monoisotopic (exact) mass is 340 g/mol. The van der Waals surface area contributed by atoms with Gasteiger partial charge in [-0.2, -0.15) is 0 Å². The van der Waals surface area contributed by atoms with Crippen molar-refractivity contribution in [2.24, 2.45) is 0 Å². The number of rotatable bonds is 4. The molecule has 0 atom stereocenters. The van der Waals surface area contributed by atoms with E-state index >= 15 is 0 Å². The van der Waals surface area contributed by atoms with Gasteiger partial charge in [0, 0.05) is 16.3 Å². The Hall–Kier alpha value is -1.84. The standard InChI is InChI=1S/C19H17ClN2S/c1-13-6-7-17(14(2)10-13)18-8-9-19(22-21-18)23-12-15-4-3-5-16(20)11-15/h3-11H,12H2,1-2H3. The minimum atomic E-state index is 0.763. The van der Waals surface area contributed by atoms with Crippen molar-refractivity contribution >= 4 is 23.4 Å². The summed E-state index contributed by atoms with van der Waals surface area (Å²) < 4.78 is 0. The second kappa shape index (κ2) is 7.16. The molecule has 0 aliphatic rings. The van der Waals surface area contributed by atoms with Gasteiger partial charge in [-0.3, -0.25) is 0 Å². The Labute approximate surface area is 145 Å². The summed E-state index contributed by atoms with van der Waals surface area (Å²) in [4.78, 5) is 0. The van der Waals surface area contributed by atoms with Gasteiger partial charge in [0.25, 0.3) is 0 Å². The lowest BCUT2D eigenvalue weighted by Crippen LogP contribution is -1.92. The molecule has 0 N–H and O–H groups in total. The van der Waals surface area contributed by atoms with E-state index < -0.39 is 0 Å². The Balaban J connectivity index is 1.72. The molecular weight excluding hydrogens is 324 g/mol. The van der Waals surface area contributed by atoms with E-state index in [2.05, 4.69) is 48.3 Å². The first kappa shape index (κ1) is 16.0. The molecule has 23 heavy (non-hydrogen) atoms. The Kier molecular flexibility index (Phi) is 4.99. The Morgan fingerprint density at radius 2 is 1.83 bits per heavy atom. The molecule has 0 aliphatic heterocycles. The number of benzene rings is 2. The zero-order valence-electron chi connectivity index (χ0n) is 13.1. The Bertz CT molecular complexity index is 816. The molecule has 0 bridgehead atoms. The first-order valence-corrected chi connectivity index (χ1v) is 8.77. The van der Waals surface area contributed by atoms with Crippen LogP contribution >= 0.6 is 23.4 Å². The average Bonchev–Trinajstić information content (AvgIpc) is 2.54. The molecule has 3 rings (SSSR count). The first-order valence-electron chi connectivity index (χ1n) is 7.40. The summed E-state index contributed by atoms with van der Waals surface area (Å²) in [6, 6.07) is 18.3. The van der Waals surface area contributed by atoms with Crippen LogP contribution in [0.5, 0.6) is 0 Å². The zero-order valence-corrected chi connectivity index (χ0v) is 14.7. The van der Waals surface area contributed by atoms with Gasteiger partial charge in [0.2, 0.25) is 0 Å². The fourth-order valence-electron chi connectivity index (χ4n) is 2.43. The molecule has 4 heteroatoms. The first-order chi connectivity index (χ1) is 11.1. The topological polar surface area (TPSA) is 25.8 Å². The van der Waals surface area contributed by atoms with E-state index in [0.29, 0.717) is 0 Å². The maximum atomic E-state index is 6.00. The summed E-state index contributed by atoms with van der Waals surface area (Å²) >= 11 is 7.66. The smallest absolute Gasteiger partial charge is 0.119 e. The molecule has 0 unspecified atom stereocenters. The number of halogens is 1. The second-order valence-electron chi connectivity index (χ2n) is 5.49. The van der Waals surface area contributed by atoms with Gasteiger partial charge in [0.15, 0.2) is 0 Å². The predicted octanol–water partition coefficient (Wildman–Crippen LogP) is 5.71. The molecule has 0 fully saturated rings. The highest BCUT2D eigenvalue weighted by Crippen LogP contribution is 2.25. The number of nitrogens with zero attached hydrogens (tertiary/aromatic N) is 2. The fourth-order valence-corrected chi connectivity index (χ4v) is 3.40. The maximum Gasteiger partial charge on any atom is 0.119 e. The van der Waals surface area contributed by atoms with Crippen LogP contribution < -0.4 is 0 Å². The highest BCUT2D eigenvalue weighted by atomic mass is 35.5. The van der Waals surface area contributed by atoms with Gasteiger partial charge in [-0.1, -0.05) is 59.3 Å². The van der Waals surface area contributed by atoms with Crippen molar-refractivity contribution in [1.29, 1.82) is 0 Å². The lowest BCUT2D eigenvalue weighted by atomic mass is 10.0. The molecule has 3 aromatic rings. The van der Waals surface area contributed by atoms with E-state index in [1.807, 2.05) is 30.3 Å². The molecule has 1 aromatic heterocycles. The number of thioether (sulfide) groups is 1. The third kappa shape index (κ3) is 4.12. The molecule has 0 radical (unpaired) electrons. The fraction of sp³-hybridized carbons (Fsp3) is 0.158. The summed E-state index contributed by atoms with van der Waals surface area (Å²) in [6.45, 7) is 4.20. The Morgan fingerprint density at radius 1 is 0.957 bits per heavy atom. The van der Waals surface area contributed by atoms with Gasteiger partial charge < -0.3 is 0 Å². The summed E-state index contributed by atoms with van der Waals surface area (Å²) in [5.41, 5.74) is 5.71. The van der Waals surface area contributed by atoms with E-state index in [9.17, 15) is 0 Å². The molecule has 1 heterocycles. The van der Waals surface area contributed by atoms with Gasteiger partial charge in [-0.25, -0.2) is 0 Å². The molecule has 116 valence electrons. The quantitative estimate of drug-likeness (QED) is 0.569. The van der Waals surface area contributed by atoms with E-state index in [-0.39, 0.29) is 0 Å². The normalized spacial score (nSPS) is 10.7. The van der Waals surface area contributed by atoms with Crippen molar-refractivity contribution in [2.75, 3.05) is 0 Å². The molecule has 2 nitrogen and oxygen atoms in total. The van der Waals surface area contributed by atoms with Crippen LogP contribution in [-0.4, -0.2) is 10.2 Å². The van der Waals surface area contributed by atoms with E-state index in [4.69, 9.17) is 11.6 Å². The minimum Gasteiger partial charge on any atom is -0.149 e. The van der Waals surface area contributed by atoms with E-state index in [0.717, 1.165) is 27.1 Å². The lowest BCUT2D eigenvalue weighted by Gasteiger charge is -2.06. The predicted molar refractivity (Wildman–Crippen MR) is 98.0 cm³/mol. The van der Waals surface area contributed by atoms with Crippen LogP contribution in [0.1, 0.15) is 16.7 Å². The van der Waals surface area contributed by atoms with Crippen molar-refractivity contribution in [2.45, 2.75) is 24.6 Å². The summed E-state index contributed by atoms with van der Waals surface area (Å²) in [5, 5.41) is 10.4. The zero-order chi connectivity index (χ0) is 16.2. The van der Waals surface area contributed by atoms with Crippen LogP contribution in [0.4, 0.5) is 0 Å². The maximum absolute atomic E-state index is 6.00. The summed E-state index contributed by atoms with van der Waals surface area (Å²) in [6.07, 6.45) is 0. The number of hydrogen-bond donors (Lipinski definition) is 0. The summed E-state index contributed by atoms with van der Waals surface area (Å²) in [7, 11) is 0. The summed E-state index contributed by atoms with van der Waals surface area (Å²) in [5.74, 6) is 0.831. The lowest BCUT2D eigenvalue weighted by molar-refractivity contribution is 0.934. The van der Waals surface area contributed by atoms with Crippen LogP contribution in [0.15, 0.2) is 59.6 Å². The van der Waals surface area contributed by atoms with Gasteiger partial charge >= 0.3 is 0 Å². The highest BCUT2D eigenvalue weighted by Gasteiger charge is 2.05. The molecular formula is C19H17ClN2S. The molecule has 0 saturated heterocycles. The van der Waals surface area contributed by atoms with Crippen LogP contribution in [0.3, 0.4) is 0 Å². The van der Waals surface area contributed by atoms with E-state index in [1.54, 1.807) is 11.8 Å². The van der Waals surface area contributed by atoms with Crippen molar-refractivity contribution in [3.05, 3.63) is 76.3 Å². The van der Waals surface area contributed by atoms with Gasteiger partial charge in [0.1, 0.15) is 5.03 Å². The minimum absolute atomic E-state index is 0.763. The number of aromatic nitrogens is 2. The van der Waals surface area contributed by atoms with Crippen molar-refractivity contribution < 1.29 is 0 Å². The van der Waals surface area contributed by atoms with Gasteiger partial charge in [0.05, 0.1) is 5.69 Å². The van der Waals surface area contributed by atoms with Crippen LogP contribution in [0.25, 0.3) is 11.3 Å². The van der Waals surface area contributed by atoms with Crippen molar-refractivity contribution in [3.63, 3.8) is 0 Å². The van der Waals surface area contributed by atoms with Crippen molar-refractivity contribution in [3.8, 4) is 11.3 Å². The van der Waals surface area contributed by atoms with Gasteiger partial charge in [-0.15, -0.1) is 10.2 Å². The third-order valence-electron chi connectivity index (χ3n) is 3.57.